The van der Waals surface area contributed by atoms with Crippen molar-refractivity contribution in [3.8, 4) is 0 Å². The van der Waals surface area contributed by atoms with Crippen molar-refractivity contribution in [3.05, 3.63) is 0 Å². The minimum atomic E-state index is -0.459. The van der Waals surface area contributed by atoms with Crippen LogP contribution in [0.4, 0.5) is 0 Å². The highest BCUT2D eigenvalue weighted by Gasteiger charge is 2.43. The third-order valence-electron chi connectivity index (χ3n) is 2.82. The summed E-state index contributed by atoms with van der Waals surface area (Å²) in [6.07, 6.45) is 1.41. The Morgan fingerprint density at radius 3 is 2.55 bits per heavy atom. The van der Waals surface area contributed by atoms with Gasteiger partial charge < -0.3 is 9.84 Å². The lowest BCUT2D eigenvalue weighted by Gasteiger charge is -2.15. The molecule has 0 spiro atoms. The first-order valence-electron chi connectivity index (χ1n) is 6.49. The lowest BCUT2D eigenvalue weighted by molar-refractivity contribution is -0.145. The maximum absolute atomic E-state index is 11.3. The van der Waals surface area contributed by atoms with Crippen molar-refractivity contribution in [2.45, 2.75) is 32.8 Å². The minimum absolute atomic E-state index is 0.109. The van der Waals surface area contributed by atoms with Crippen LogP contribution in [-0.4, -0.2) is 49.5 Å². The van der Waals surface area contributed by atoms with Crippen LogP contribution in [0.2, 0.25) is 0 Å². The zero-order valence-corrected chi connectivity index (χ0v) is 11.8. The largest absolute Gasteiger partial charge is 0.394 e. The second kappa shape index (κ2) is 8.15. The zero-order chi connectivity index (χ0) is 15.0. The van der Waals surface area contributed by atoms with Gasteiger partial charge in [-0.3, -0.25) is 19.3 Å². The standard InChI is InChI=1S/C12H22N2O6/c1-9(5-15)20-14-11(17)6-18-7-12(3-4-12)8-19-13-10(2)16/h9,15H,3-8H2,1-2H3,(H,13,16)(H,14,17). The summed E-state index contributed by atoms with van der Waals surface area (Å²) in [6, 6.07) is 0. The summed E-state index contributed by atoms with van der Waals surface area (Å²) in [5.74, 6) is -0.667. The second-order valence-electron chi connectivity index (χ2n) is 5.08. The molecular weight excluding hydrogens is 268 g/mol. The summed E-state index contributed by atoms with van der Waals surface area (Å²) in [4.78, 5) is 31.9. The first-order chi connectivity index (χ1) is 9.47. The normalized spacial score (nSPS) is 17.4. The molecule has 20 heavy (non-hydrogen) atoms. The number of hydrogen-bond acceptors (Lipinski definition) is 6. The highest BCUT2D eigenvalue weighted by atomic mass is 16.7. The zero-order valence-electron chi connectivity index (χ0n) is 11.8. The topological polar surface area (TPSA) is 106 Å². The summed E-state index contributed by atoms with van der Waals surface area (Å²) in [5.41, 5.74) is 4.34. The Hall–Kier alpha value is -1.22. The molecule has 1 fully saturated rings. The van der Waals surface area contributed by atoms with E-state index in [1.807, 2.05) is 0 Å². The molecule has 116 valence electrons. The number of carbonyl (C=O) groups is 2. The van der Waals surface area contributed by atoms with E-state index < -0.39 is 12.0 Å². The highest BCUT2D eigenvalue weighted by Crippen LogP contribution is 2.45. The Kier molecular flexibility index (Phi) is 6.86. The molecule has 3 N–H and O–H groups in total. The SMILES string of the molecule is CC(=O)NOCC1(COCC(=O)NOC(C)CO)CC1. The average molecular weight is 290 g/mol. The van der Waals surface area contributed by atoms with Gasteiger partial charge in [-0.1, -0.05) is 0 Å². The van der Waals surface area contributed by atoms with E-state index in [2.05, 4.69) is 11.0 Å². The lowest BCUT2D eigenvalue weighted by atomic mass is 10.1. The van der Waals surface area contributed by atoms with E-state index in [1.165, 1.54) is 6.92 Å². The minimum Gasteiger partial charge on any atom is -0.394 e. The molecule has 1 atom stereocenters. The molecule has 1 saturated carbocycles. The van der Waals surface area contributed by atoms with E-state index in [-0.39, 0.29) is 24.5 Å². The number of ether oxygens (including phenoxy) is 1. The van der Waals surface area contributed by atoms with Crippen LogP contribution >= 0.6 is 0 Å². The fourth-order valence-corrected chi connectivity index (χ4v) is 1.39. The maximum Gasteiger partial charge on any atom is 0.269 e. The first kappa shape index (κ1) is 16.8. The monoisotopic (exact) mass is 290 g/mol. The molecule has 2 amide bonds. The van der Waals surface area contributed by atoms with Crippen LogP contribution in [0.1, 0.15) is 26.7 Å². The van der Waals surface area contributed by atoms with Gasteiger partial charge in [-0.15, -0.1) is 0 Å². The van der Waals surface area contributed by atoms with Crippen LogP contribution in [0.25, 0.3) is 0 Å². The molecule has 0 saturated heterocycles. The van der Waals surface area contributed by atoms with Gasteiger partial charge in [0.15, 0.2) is 0 Å². The van der Waals surface area contributed by atoms with Gasteiger partial charge >= 0.3 is 0 Å². The third kappa shape index (κ3) is 6.80. The quantitative estimate of drug-likeness (QED) is 0.458. The van der Waals surface area contributed by atoms with Crippen LogP contribution in [-0.2, 0) is 24.0 Å². The van der Waals surface area contributed by atoms with Crippen molar-refractivity contribution in [2.75, 3.05) is 26.4 Å². The van der Waals surface area contributed by atoms with Crippen LogP contribution < -0.4 is 11.0 Å². The van der Waals surface area contributed by atoms with Crippen molar-refractivity contribution in [1.29, 1.82) is 0 Å². The van der Waals surface area contributed by atoms with Gasteiger partial charge in [-0.2, -0.15) is 0 Å². The number of amides is 2. The number of aliphatic hydroxyl groups is 1. The number of carbonyl (C=O) groups excluding carboxylic acids is 2. The number of aliphatic hydroxyl groups excluding tert-OH is 1. The predicted molar refractivity (Wildman–Crippen MR) is 68.0 cm³/mol. The molecule has 0 aromatic carbocycles. The van der Waals surface area contributed by atoms with Crippen molar-refractivity contribution in [3.63, 3.8) is 0 Å². The fourth-order valence-electron chi connectivity index (χ4n) is 1.39. The second-order valence-corrected chi connectivity index (χ2v) is 5.08. The van der Waals surface area contributed by atoms with Gasteiger partial charge in [0.2, 0.25) is 5.91 Å². The maximum atomic E-state index is 11.3. The Balaban J connectivity index is 2.08. The number of hydrogen-bond donors (Lipinski definition) is 3. The summed E-state index contributed by atoms with van der Waals surface area (Å²) in [7, 11) is 0. The molecule has 0 bridgehead atoms. The molecular formula is C12H22N2O6. The van der Waals surface area contributed by atoms with Crippen molar-refractivity contribution >= 4 is 11.8 Å². The molecule has 0 aliphatic heterocycles. The third-order valence-corrected chi connectivity index (χ3v) is 2.82. The average Bonchev–Trinajstić information content (AvgIpc) is 3.15. The Bertz CT molecular complexity index is 332. The van der Waals surface area contributed by atoms with Gasteiger partial charge in [0.1, 0.15) is 12.7 Å². The van der Waals surface area contributed by atoms with Crippen LogP contribution in [0.5, 0.6) is 0 Å². The van der Waals surface area contributed by atoms with Gasteiger partial charge in [0.05, 0.1) is 19.8 Å². The summed E-state index contributed by atoms with van der Waals surface area (Å²) >= 11 is 0. The Morgan fingerprint density at radius 2 is 2.00 bits per heavy atom. The van der Waals surface area contributed by atoms with E-state index in [9.17, 15) is 9.59 Å². The van der Waals surface area contributed by atoms with Gasteiger partial charge in [-0.05, 0) is 19.8 Å². The highest BCUT2D eigenvalue weighted by molar-refractivity contribution is 5.76. The number of nitrogens with one attached hydrogen (secondary N) is 2. The number of hydroxylamine groups is 2. The summed E-state index contributed by atoms with van der Waals surface area (Å²) in [6.45, 7) is 3.44. The van der Waals surface area contributed by atoms with E-state index in [0.717, 1.165) is 12.8 Å². The van der Waals surface area contributed by atoms with E-state index in [0.29, 0.717) is 13.2 Å². The molecule has 1 rings (SSSR count). The van der Waals surface area contributed by atoms with Crippen molar-refractivity contribution in [1.82, 2.24) is 11.0 Å². The molecule has 8 heteroatoms. The molecule has 0 aromatic rings. The lowest BCUT2D eigenvalue weighted by Crippen LogP contribution is -2.33. The first-order valence-corrected chi connectivity index (χ1v) is 6.49. The Labute approximate surface area is 117 Å². The Morgan fingerprint density at radius 1 is 1.30 bits per heavy atom. The molecule has 1 aliphatic carbocycles. The van der Waals surface area contributed by atoms with Crippen LogP contribution in [0.15, 0.2) is 0 Å². The molecule has 1 aliphatic rings. The van der Waals surface area contributed by atoms with Crippen LogP contribution in [0.3, 0.4) is 0 Å². The van der Waals surface area contributed by atoms with Crippen LogP contribution in [0, 0.1) is 5.41 Å². The molecule has 1 unspecified atom stereocenters. The van der Waals surface area contributed by atoms with E-state index in [4.69, 9.17) is 19.5 Å². The van der Waals surface area contributed by atoms with Crippen molar-refractivity contribution in [2.24, 2.45) is 5.41 Å². The smallest absolute Gasteiger partial charge is 0.269 e. The fraction of sp³-hybridized carbons (Fsp3) is 0.833. The molecule has 0 aromatic heterocycles. The molecule has 0 heterocycles. The van der Waals surface area contributed by atoms with Crippen molar-refractivity contribution < 1.29 is 29.1 Å². The van der Waals surface area contributed by atoms with E-state index >= 15 is 0 Å². The van der Waals surface area contributed by atoms with Gasteiger partial charge in [0, 0.05) is 12.3 Å². The molecule has 0 radical (unpaired) electrons. The summed E-state index contributed by atoms with van der Waals surface area (Å²) < 4.78 is 5.30. The molecule has 8 nitrogen and oxygen atoms in total. The van der Waals surface area contributed by atoms with Gasteiger partial charge in [-0.25, -0.2) is 11.0 Å². The van der Waals surface area contributed by atoms with E-state index in [1.54, 1.807) is 6.92 Å². The predicted octanol–water partition coefficient (Wildman–Crippen LogP) is -0.720. The summed E-state index contributed by atoms with van der Waals surface area (Å²) in [5, 5.41) is 8.71. The van der Waals surface area contributed by atoms with Gasteiger partial charge in [0.25, 0.3) is 5.91 Å². The number of rotatable bonds is 10.